The first-order valence-corrected chi connectivity index (χ1v) is 11.7. The summed E-state index contributed by atoms with van der Waals surface area (Å²) in [5.41, 5.74) is 0.628. The number of methoxy groups -OCH3 is 1. The number of aromatic nitrogens is 2. The molecule has 36 heavy (non-hydrogen) atoms. The molecule has 0 bridgehead atoms. The van der Waals surface area contributed by atoms with Crippen LogP contribution in [0.3, 0.4) is 0 Å². The number of ether oxygens (including phenoxy) is 3. The van der Waals surface area contributed by atoms with Crippen molar-refractivity contribution in [2.75, 3.05) is 13.7 Å². The van der Waals surface area contributed by atoms with Gasteiger partial charge in [0, 0.05) is 18.2 Å². The van der Waals surface area contributed by atoms with E-state index in [-0.39, 0.29) is 38.0 Å². The van der Waals surface area contributed by atoms with E-state index >= 15 is 0 Å². The van der Waals surface area contributed by atoms with Crippen LogP contribution in [-0.4, -0.2) is 86.4 Å². The van der Waals surface area contributed by atoms with Gasteiger partial charge in [0.2, 0.25) is 5.91 Å². The Hall–Kier alpha value is -3.64. The molecule has 0 spiro atoms. The predicted molar refractivity (Wildman–Crippen MR) is 124 cm³/mol. The molecular weight excluding hydrogens is 474 g/mol. The van der Waals surface area contributed by atoms with E-state index in [1.807, 2.05) is 0 Å². The molecule has 13 heteroatoms. The Balaban J connectivity index is 1.66. The normalized spacial score (nSPS) is 20.1. The molecule has 3 atom stereocenters. The molecule has 3 heterocycles. The minimum atomic E-state index is -1.22. The number of rotatable bonds is 6. The number of nitrogens with zero attached hydrogens (tertiary/aromatic N) is 4. The van der Waals surface area contributed by atoms with Crippen LogP contribution in [0.4, 0.5) is 9.59 Å². The summed E-state index contributed by atoms with van der Waals surface area (Å²) in [5, 5.41) is 12.3. The molecule has 0 saturated carbocycles. The van der Waals surface area contributed by atoms with Gasteiger partial charge < -0.3 is 29.5 Å². The van der Waals surface area contributed by atoms with Crippen molar-refractivity contribution in [2.24, 2.45) is 5.92 Å². The summed E-state index contributed by atoms with van der Waals surface area (Å²) in [6.07, 6.45) is -0.756. The largest absolute Gasteiger partial charge is 0.480 e. The SMILES string of the molecule is COc1ncc2c(n1)CN(C(=O)O[C@@H]1C[C@@H](C(=O)O)N(C(=O)[C@@H](NC(=O)OC(C)(C)C)C(C)C)C1)C2. The predicted octanol–water partition coefficient (Wildman–Crippen LogP) is 1.54. The van der Waals surface area contributed by atoms with Gasteiger partial charge in [-0.15, -0.1) is 0 Å². The monoisotopic (exact) mass is 507 g/mol. The molecule has 0 aromatic carbocycles. The summed E-state index contributed by atoms with van der Waals surface area (Å²) in [6.45, 7) is 8.86. The Morgan fingerprint density at radius 3 is 2.47 bits per heavy atom. The molecular formula is C23H33N5O8. The molecule has 1 saturated heterocycles. The quantitative estimate of drug-likeness (QED) is 0.578. The Morgan fingerprint density at radius 1 is 1.19 bits per heavy atom. The van der Waals surface area contributed by atoms with E-state index < -0.39 is 47.9 Å². The lowest BCUT2D eigenvalue weighted by atomic mass is 10.0. The zero-order chi connectivity index (χ0) is 26.8. The highest BCUT2D eigenvalue weighted by Crippen LogP contribution is 2.27. The number of hydrogen-bond acceptors (Lipinski definition) is 9. The van der Waals surface area contributed by atoms with Crippen LogP contribution < -0.4 is 10.1 Å². The molecule has 1 fully saturated rings. The van der Waals surface area contributed by atoms with E-state index in [4.69, 9.17) is 14.2 Å². The number of carboxylic acid groups (broad SMARTS) is 1. The van der Waals surface area contributed by atoms with Crippen molar-refractivity contribution in [3.8, 4) is 6.01 Å². The zero-order valence-corrected chi connectivity index (χ0v) is 21.3. The van der Waals surface area contributed by atoms with Crippen molar-refractivity contribution in [3.63, 3.8) is 0 Å². The van der Waals surface area contributed by atoms with E-state index in [1.54, 1.807) is 40.8 Å². The molecule has 13 nitrogen and oxygen atoms in total. The topological polar surface area (TPSA) is 160 Å². The molecule has 0 radical (unpaired) electrons. The van der Waals surface area contributed by atoms with Crippen molar-refractivity contribution in [1.82, 2.24) is 25.1 Å². The van der Waals surface area contributed by atoms with Gasteiger partial charge in [-0.3, -0.25) is 9.69 Å². The highest BCUT2D eigenvalue weighted by molar-refractivity contribution is 5.90. The number of amides is 3. The number of nitrogens with one attached hydrogen (secondary N) is 1. The average Bonchev–Trinajstić information content (AvgIpc) is 3.39. The Bertz CT molecular complexity index is 1020. The zero-order valence-electron chi connectivity index (χ0n) is 21.3. The Kier molecular flexibility index (Phi) is 7.89. The van der Waals surface area contributed by atoms with Gasteiger partial charge in [-0.2, -0.15) is 4.98 Å². The molecule has 1 aromatic heterocycles. The van der Waals surface area contributed by atoms with Crippen LogP contribution in [0.25, 0.3) is 0 Å². The molecule has 198 valence electrons. The van der Waals surface area contributed by atoms with Crippen LogP contribution in [0.1, 0.15) is 52.3 Å². The average molecular weight is 508 g/mol. The summed E-state index contributed by atoms with van der Waals surface area (Å²) in [5.74, 6) is -2.15. The standard InChI is InChI=1S/C23H33N5O8/c1-12(2)17(26-21(32)36-23(3,4)5)18(29)28-10-14(7-16(28)19(30)31)35-22(33)27-9-13-8-24-20(34-6)25-15(13)11-27/h8,12,14,16-17H,7,9-11H2,1-6H3,(H,26,32)(H,30,31)/t14-,16+,17+/m1/s1. The number of aliphatic carboxylic acids is 1. The second kappa shape index (κ2) is 10.5. The summed E-state index contributed by atoms with van der Waals surface area (Å²) in [7, 11) is 1.45. The molecule has 0 aliphatic carbocycles. The maximum atomic E-state index is 13.3. The molecule has 2 aliphatic heterocycles. The van der Waals surface area contributed by atoms with Crippen molar-refractivity contribution >= 4 is 24.1 Å². The van der Waals surface area contributed by atoms with Crippen LogP contribution in [0, 0.1) is 5.92 Å². The third-order valence-corrected chi connectivity index (χ3v) is 5.78. The van der Waals surface area contributed by atoms with Crippen LogP contribution in [0.5, 0.6) is 6.01 Å². The first-order valence-electron chi connectivity index (χ1n) is 11.7. The lowest BCUT2D eigenvalue weighted by molar-refractivity contribution is -0.149. The molecule has 2 aliphatic rings. The third-order valence-electron chi connectivity index (χ3n) is 5.78. The van der Waals surface area contributed by atoms with Crippen molar-refractivity contribution < 1.29 is 38.5 Å². The summed E-state index contributed by atoms with van der Waals surface area (Å²) in [6, 6.07) is -2.03. The van der Waals surface area contributed by atoms with Crippen molar-refractivity contribution in [3.05, 3.63) is 17.5 Å². The van der Waals surface area contributed by atoms with Crippen molar-refractivity contribution in [1.29, 1.82) is 0 Å². The lowest BCUT2D eigenvalue weighted by Crippen LogP contribution is -2.54. The van der Waals surface area contributed by atoms with Crippen molar-refractivity contribution in [2.45, 2.75) is 77.9 Å². The second-order valence-corrected chi connectivity index (χ2v) is 10.1. The highest BCUT2D eigenvalue weighted by Gasteiger charge is 2.45. The first-order chi connectivity index (χ1) is 16.8. The Morgan fingerprint density at radius 2 is 1.89 bits per heavy atom. The van der Waals surface area contributed by atoms with E-state index in [1.165, 1.54) is 12.0 Å². The number of likely N-dealkylation sites (tertiary alicyclic amines) is 1. The Labute approximate surface area is 209 Å². The van der Waals surface area contributed by atoms with Crippen LogP contribution in [-0.2, 0) is 32.2 Å². The number of alkyl carbamates (subject to hydrolysis) is 1. The van der Waals surface area contributed by atoms with Gasteiger partial charge in [-0.05, 0) is 26.7 Å². The maximum Gasteiger partial charge on any atom is 0.410 e. The van der Waals surface area contributed by atoms with Gasteiger partial charge in [0.15, 0.2) is 0 Å². The van der Waals surface area contributed by atoms with Gasteiger partial charge in [-0.25, -0.2) is 19.4 Å². The van der Waals surface area contributed by atoms with Crippen LogP contribution in [0.2, 0.25) is 0 Å². The van der Waals surface area contributed by atoms with E-state index in [0.717, 1.165) is 10.5 Å². The molecule has 0 unspecified atom stereocenters. The molecule has 3 rings (SSSR count). The van der Waals surface area contributed by atoms with E-state index in [0.29, 0.717) is 5.69 Å². The van der Waals surface area contributed by atoms with Gasteiger partial charge >= 0.3 is 24.2 Å². The van der Waals surface area contributed by atoms with Crippen LogP contribution >= 0.6 is 0 Å². The third kappa shape index (κ3) is 6.32. The van der Waals surface area contributed by atoms with Gasteiger partial charge in [0.1, 0.15) is 23.8 Å². The second-order valence-electron chi connectivity index (χ2n) is 10.1. The number of carboxylic acids is 1. The minimum absolute atomic E-state index is 0.0709. The smallest absolute Gasteiger partial charge is 0.410 e. The summed E-state index contributed by atoms with van der Waals surface area (Å²) < 4.78 is 15.8. The molecule has 3 amide bonds. The number of hydrogen-bond donors (Lipinski definition) is 2. The first kappa shape index (κ1) is 27.0. The van der Waals surface area contributed by atoms with Gasteiger partial charge in [-0.1, -0.05) is 13.8 Å². The molecule has 2 N–H and O–H groups in total. The molecule has 1 aromatic rings. The fourth-order valence-corrected chi connectivity index (χ4v) is 4.07. The number of fused-ring (bicyclic) bond motifs is 1. The maximum absolute atomic E-state index is 13.3. The van der Waals surface area contributed by atoms with E-state index in [9.17, 15) is 24.3 Å². The number of carbonyl (C=O) groups is 4. The number of carbonyl (C=O) groups excluding carboxylic acids is 3. The minimum Gasteiger partial charge on any atom is -0.480 e. The lowest BCUT2D eigenvalue weighted by Gasteiger charge is -2.30. The fourth-order valence-electron chi connectivity index (χ4n) is 4.07. The van der Waals surface area contributed by atoms with Crippen LogP contribution in [0.15, 0.2) is 6.20 Å². The fraction of sp³-hybridized carbons (Fsp3) is 0.652. The summed E-state index contributed by atoms with van der Waals surface area (Å²) in [4.78, 5) is 61.1. The van der Waals surface area contributed by atoms with Gasteiger partial charge in [0.05, 0.1) is 32.4 Å². The highest BCUT2D eigenvalue weighted by atomic mass is 16.6. The van der Waals surface area contributed by atoms with Gasteiger partial charge in [0.25, 0.3) is 0 Å². The summed E-state index contributed by atoms with van der Waals surface area (Å²) >= 11 is 0. The van der Waals surface area contributed by atoms with E-state index in [2.05, 4.69) is 15.3 Å².